The third kappa shape index (κ3) is 1.82. The molecule has 1 saturated carbocycles. The summed E-state index contributed by atoms with van der Waals surface area (Å²) in [5.41, 5.74) is -1.74. The number of carbonyl (C=O) groups is 1. The van der Waals surface area contributed by atoms with Gasteiger partial charge >= 0.3 is 5.97 Å². The molecule has 0 saturated heterocycles. The lowest BCUT2D eigenvalue weighted by Gasteiger charge is -2.19. The molecule has 1 unspecified atom stereocenters. The Morgan fingerprint density at radius 2 is 2.00 bits per heavy atom. The van der Waals surface area contributed by atoms with Gasteiger partial charge in [-0.2, -0.15) is 0 Å². The molecule has 0 spiro atoms. The molecular formula is C12H12F2O4. The van der Waals surface area contributed by atoms with Crippen LogP contribution < -0.4 is 4.74 Å². The Kier molecular flexibility index (Phi) is 2.98. The van der Waals surface area contributed by atoms with Crippen molar-refractivity contribution in [2.45, 2.75) is 18.9 Å². The van der Waals surface area contributed by atoms with Gasteiger partial charge in [0.05, 0.1) is 18.6 Å². The van der Waals surface area contributed by atoms with Crippen LogP contribution in [0.1, 0.15) is 24.5 Å². The zero-order valence-corrected chi connectivity index (χ0v) is 9.61. The molecule has 2 rings (SSSR count). The Morgan fingerprint density at radius 3 is 2.44 bits per heavy atom. The maximum Gasteiger partial charge on any atom is 0.312 e. The van der Waals surface area contributed by atoms with Crippen LogP contribution in [0.4, 0.5) is 8.78 Å². The highest BCUT2D eigenvalue weighted by atomic mass is 19.1. The molecule has 0 radical (unpaired) electrons. The molecule has 0 aromatic heterocycles. The lowest BCUT2D eigenvalue weighted by Crippen LogP contribution is -2.24. The van der Waals surface area contributed by atoms with Gasteiger partial charge in [0.1, 0.15) is 5.82 Å². The summed E-state index contributed by atoms with van der Waals surface area (Å²) in [5, 5.41) is 18.9. The van der Waals surface area contributed by atoms with Crippen LogP contribution in [0.3, 0.4) is 0 Å². The Labute approximate surface area is 102 Å². The second-order valence-corrected chi connectivity index (χ2v) is 4.37. The topological polar surface area (TPSA) is 66.8 Å². The van der Waals surface area contributed by atoms with Gasteiger partial charge in [-0.05, 0) is 18.9 Å². The SMILES string of the molecule is COc1cc(F)c(C(O)C2(C(=O)O)CC2)cc1F. The largest absolute Gasteiger partial charge is 0.494 e. The molecule has 2 N–H and O–H groups in total. The van der Waals surface area contributed by atoms with E-state index < -0.39 is 29.1 Å². The summed E-state index contributed by atoms with van der Waals surface area (Å²) < 4.78 is 31.7. The third-order valence-corrected chi connectivity index (χ3v) is 3.30. The molecule has 1 fully saturated rings. The number of aliphatic hydroxyl groups excluding tert-OH is 1. The summed E-state index contributed by atoms with van der Waals surface area (Å²) in [4.78, 5) is 11.0. The van der Waals surface area contributed by atoms with Crippen LogP contribution in [-0.4, -0.2) is 23.3 Å². The van der Waals surface area contributed by atoms with E-state index in [9.17, 15) is 18.7 Å². The van der Waals surface area contributed by atoms with Crippen molar-refractivity contribution >= 4 is 5.97 Å². The fraction of sp³-hybridized carbons (Fsp3) is 0.417. The van der Waals surface area contributed by atoms with Crippen molar-refractivity contribution in [2.24, 2.45) is 5.41 Å². The minimum Gasteiger partial charge on any atom is -0.494 e. The Morgan fingerprint density at radius 1 is 1.39 bits per heavy atom. The minimum atomic E-state index is -1.56. The van der Waals surface area contributed by atoms with E-state index in [1.54, 1.807) is 0 Å². The van der Waals surface area contributed by atoms with Gasteiger partial charge in [-0.3, -0.25) is 4.79 Å². The first kappa shape index (κ1) is 12.8. The molecule has 1 atom stereocenters. The van der Waals surface area contributed by atoms with Gasteiger partial charge in [-0.1, -0.05) is 0 Å². The lowest BCUT2D eigenvalue weighted by atomic mass is 9.92. The lowest BCUT2D eigenvalue weighted by molar-refractivity contribution is -0.148. The summed E-state index contributed by atoms with van der Waals surface area (Å²) in [7, 11) is 1.19. The molecule has 1 aromatic carbocycles. The Hall–Kier alpha value is -1.69. The first-order valence-corrected chi connectivity index (χ1v) is 5.37. The first-order valence-electron chi connectivity index (χ1n) is 5.37. The van der Waals surface area contributed by atoms with Gasteiger partial charge in [0.2, 0.25) is 0 Å². The zero-order chi connectivity index (χ0) is 13.5. The quantitative estimate of drug-likeness (QED) is 0.865. The number of aliphatic carboxylic acids is 1. The van der Waals surface area contributed by atoms with Gasteiger partial charge in [0.15, 0.2) is 11.6 Å². The van der Waals surface area contributed by atoms with Gasteiger partial charge < -0.3 is 14.9 Å². The van der Waals surface area contributed by atoms with Crippen molar-refractivity contribution in [2.75, 3.05) is 7.11 Å². The molecule has 4 nitrogen and oxygen atoms in total. The van der Waals surface area contributed by atoms with Crippen LogP contribution in [0.5, 0.6) is 5.75 Å². The third-order valence-electron chi connectivity index (χ3n) is 3.30. The molecule has 0 bridgehead atoms. The number of halogens is 2. The van der Waals surface area contributed by atoms with Crippen molar-refractivity contribution in [3.8, 4) is 5.75 Å². The number of carboxylic acid groups (broad SMARTS) is 1. The maximum absolute atomic E-state index is 13.7. The number of carboxylic acids is 1. The molecule has 0 heterocycles. The van der Waals surface area contributed by atoms with Gasteiger partial charge in [-0.25, -0.2) is 8.78 Å². The highest BCUT2D eigenvalue weighted by Crippen LogP contribution is 2.55. The number of aliphatic hydroxyl groups is 1. The van der Waals surface area contributed by atoms with Crippen LogP contribution in [0.2, 0.25) is 0 Å². The highest BCUT2D eigenvalue weighted by Gasteiger charge is 2.57. The maximum atomic E-state index is 13.7. The number of methoxy groups -OCH3 is 1. The fourth-order valence-corrected chi connectivity index (χ4v) is 1.95. The van der Waals surface area contributed by atoms with E-state index in [-0.39, 0.29) is 24.2 Å². The first-order chi connectivity index (χ1) is 8.42. The predicted molar refractivity (Wildman–Crippen MR) is 57.2 cm³/mol. The van der Waals surface area contributed by atoms with Gasteiger partial charge in [-0.15, -0.1) is 0 Å². The van der Waals surface area contributed by atoms with Crippen molar-refractivity contribution < 1.29 is 28.5 Å². The van der Waals surface area contributed by atoms with E-state index >= 15 is 0 Å². The molecule has 6 heteroatoms. The van der Waals surface area contributed by atoms with Gasteiger partial charge in [0.25, 0.3) is 0 Å². The normalized spacial score (nSPS) is 18.2. The molecule has 1 aliphatic rings. The second-order valence-electron chi connectivity index (χ2n) is 4.37. The molecule has 1 aliphatic carbocycles. The van der Waals surface area contributed by atoms with E-state index in [0.717, 1.165) is 12.1 Å². The molecule has 1 aromatic rings. The summed E-state index contributed by atoms with van der Waals surface area (Å²) >= 11 is 0. The highest BCUT2D eigenvalue weighted by molar-refractivity contribution is 5.79. The van der Waals surface area contributed by atoms with Crippen molar-refractivity contribution in [3.05, 3.63) is 29.3 Å². The summed E-state index contributed by atoms with van der Waals surface area (Å²) in [6, 6.07) is 1.58. The number of hydrogen-bond acceptors (Lipinski definition) is 3. The molecular weight excluding hydrogens is 246 g/mol. The smallest absolute Gasteiger partial charge is 0.312 e. The van der Waals surface area contributed by atoms with E-state index in [1.165, 1.54) is 7.11 Å². The molecule has 0 aliphatic heterocycles. The standard InChI is InChI=1S/C12H12F2O4/c1-18-9-5-7(13)6(4-8(9)14)10(15)12(2-3-12)11(16)17/h4-5,10,15H,2-3H2,1H3,(H,16,17). The molecule has 98 valence electrons. The van der Waals surface area contributed by atoms with E-state index in [0.29, 0.717) is 0 Å². The van der Waals surface area contributed by atoms with Crippen LogP contribution >= 0.6 is 0 Å². The van der Waals surface area contributed by atoms with Crippen LogP contribution in [0.25, 0.3) is 0 Å². The number of ether oxygens (including phenoxy) is 1. The molecule has 18 heavy (non-hydrogen) atoms. The monoisotopic (exact) mass is 258 g/mol. The van der Waals surface area contributed by atoms with Crippen LogP contribution in [0.15, 0.2) is 12.1 Å². The zero-order valence-electron chi connectivity index (χ0n) is 9.61. The Bertz CT molecular complexity index is 497. The number of hydrogen-bond donors (Lipinski definition) is 2. The summed E-state index contributed by atoms with van der Waals surface area (Å²) in [6.45, 7) is 0. The van der Waals surface area contributed by atoms with E-state index in [1.807, 2.05) is 0 Å². The predicted octanol–water partition coefficient (Wildman–Crippen LogP) is 1.87. The fourth-order valence-electron chi connectivity index (χ4n) is 1.95. The average Bonchev–Trinajstić information content (AvgIpc) is 3.12. The van der Waals surface area contributed by atoms with Crippen LogP contribution in [-0.2, 0) is 4.79 Å². The Balaban J connectivity index is 2.40. The van der Waals surface area contributed by atoms with Gasteiger partial charge in [0, 0.05) is 11.6 Å². The van der Waals surface area contributed by atoms with E-state index in [2.05, 4.69) is 4.74 Å². The summed E-state index contributed by atoms with van der Waals surface area (Å²) in [6.07, 6.45) is -1.07. The second kappa shape index (κ2) is 4.20. The van der Waals surface area contributed by atoms with Crippen molar-refractivity contribution in [1.82, 2.24) is 0 Å². The van der Waals surface area contributed by atoms with Crippen molar-refractivity contribution in [1.29, 1.82) is 0 Å². The van der Waals surface area contributed by atoms with Crippen LogP contribution in [0, 0.1) is 17.0 Å². The van der Waals surface area contributed by atoms with E-state index in [4.69, 9.17) is 5.11 Å². The number of rotatable bonds is 4. The van der Waals surface area contributed by atoms with Crippen molar-refractivity contribution in [3.63, 3.8) is 0 Å². The average molecular weight is 258 g/mol. The number of benzene rings is 1. The molecule has 0 amide bonds. The summed E-state index contributed by atoms with van der Waals surface area (Å²) in [5.74, 6) is -3.21. The minimum absolute atomic E-state index is 0.247.